The van der Waals surface area contributed by atoms with Gasteiger partial charge in [0.05, 0.1) is 0 Å². The molecule has 6 heteroatoms. The highest BCUT2D eigenvalue weighted by molar-refractivity contribution is 5.94. The molecule has 120 valence electrons. The minimum absolute atomic E-state index is 0.0205. The molecular weight excluding hydrogens is 282 g/mol. The van der Waals surface area contributed by atoms with Crippen molar-refractivity contribution in [1.82, 2.24) is 15.6 Å². The first-order valence-electron chi connectivity index (χ1n) is 7.75. The summed E-state index contributed by atoms with van der Waals surface area (Å²) in [6.07, 6.45) is 2.47. The van der Waals surface area contributed by atoms with Gasteiger partial charge in [0, 0.05) is 36.3 Å². The number of hydrogen-bond donors (Lipinski definition) is 3. The minimum Gasteiger partial charge on any atom is -0.356 e. The maximum absolute atomic E-state index is 12.3. The van der Waals surface area contributed by atoms with Crippen molar-refractivity contribution in [2.24, 2.45) is 5.92 Å². The summed E-state index contributed by atoms with van der Waals surface area (Å²) in [6, 6.07) is 3.01. The van der Waals surface area contributed by atoms with Crippen molar-refractivity contribution < 1.29 is 9.59 Å². The third kappa shape index (κ3) is 4.72. The molecule has 1 atom stereocenters. The van der Waals surface area contributed by atoms with Crippen LogP contribution in [0.25, 0.3) is 0 Å². The topological polar surface area (TPSA) is 91.1 Å². The smallest absolute Gasteiger partial charge is 0.251 e. The fourth-order valence-corrected chi connectivity index (χ4v) is 2.62. The maximum Gasteiger partial charge on any atom is 0.251 e. The van der Waals surface area contributed by atoms with E-state index in [1.807, 2.05) is 0 Å². The van der Waals surface area contributed by atoms with E-state index in [0.29, 0.717) is 37.3 Å². The van der Waals surface area contributed by atoms with Crippen LogP contribution < -0.4 is 16.2 Å². The number of aromatic amines is 1. The molecule has 0 spiro atoms. The van der Waals surface area contributed by atoms with E-state index in [1.165, 1.54) is 6.07 Å². The maximum atomic E-state index is 12.3. The molecule has 0 bridgehead atoms. The van der Waals surface area contributed by atoms with Gasteiger partial charge in [-0.3, -0.25) is 14.4 Å². The van der Waals surface area contributed by atoms with E-state index in [-0.39, 0.29) is 23.4 Å². The second-order valence-corrected chi connectivity index (χ2v) is 6.20. The first-order valence-corrected chi connectivity index (χ1v) is 7.75. The van der Waals surface area contributed by atoms with E-state index >= 15 is 0 Å². The molecule has 2 rings (SSSR count). The SMILES string of the molecule is CC(C)Cc1cc(C(=O)N[C@@H]2CCNC(=O)CC2)cc(=O)[nH]1. The molecule has 2 heterocycles. The lowest BCUT2D eigenvalue weighted by molar-refractivity contribution is -0.120. The van der Waals surface area contributed by atoms with Crippen LogP contribution in [0.1, 0.15) is 49.2 Å². The zero-order chi connectivity index (χ0) is 16.1. The van der Waals surface area contributed by atoms with E-state index in [9.17, 15) is 14.4 Å². The van der Waals surface area contributed by atoms with Crippen LogP contribution in [0.3, 0.4) is 0 Å². The predicted octanol–water partition coefficient (Wildman–Crippen LogP) is 0.972. The van der Waals surface area contributed by atoms with E-state index in [2.05, 4.69) is 29.5 Å². The summed E-state index contributed by atoms with van der Waals surface area (Å²) in [4.78, 5) is 38.1. The Kier molecular flexibility index (Phi) is 5.35. The molecule has 0 radical (unpaired) electrons. The first-order chi connectivity index (χ1) is 10.4. The van der Waals surface area contributed by atoms with E-state index in [4.69, 9.17) is 0 Å². The van der Waals surface area contributed by atoms with Crippen LogP contribution in [-0.4, -0.2) is 29.4 Å². The summed E-state index contributed by atoms with van der Waals surface area (Å²) < 4.78 is 0. The lowest BCUT2D eigenvalue weighted by atomic mass is 10.1. The molecule has 3 N–H and O–H groups in total. The van der Waals surface area contributed by atoms with Crippen LogP contribution in [0.4, 0.5) is 0 Å². The van der Waals surface area contributed by atoms with Crippen molar-refractivity contribution in [3.63, 3.8) is 0 Å². The van der Waals surface area contributed by atoms with Crippen LogP contribution in [0, 0.1) is 5.92 Å². The highest BCUT2D eigenvalue weighted by Gasteiger charge is 2.19. The van der Waals surface area contributed by atoms with E-state index in [1.54, 1.807) is 6.07 Å². The monoisotopic (exact) mass is 305 g/mol. The van der Waals surface area contributed by atoms with Crippen LogP contribution >= 0.6 is 0 Å². The molecule has 2 amide bonds. The molecule has 1 fully saturated rings. The molecule has 0 unspecified atom stereocenters. The lowest BCUT2D eigenvalue weighted by Crippen LogP contribution is -2.36. The van der Waals surface area contributed by atoms with Gasteiger partial charge in [-0.25, -0.2) is 0 Å². The molecule has 1 aliphatic heterocycles. The van der Waals surface area contributed by atoms with E-state index in [0.717, 1.165) is 12.1 Å². The van der Waals surface area contributed by atoms with Crippen molar-refractivity contribution in [2.45, 2.75) is 45.6 Å². The van der Waals surface area contributed by atoms with Gasteiger partial charge in [-0.1, -0.05) is 13.8 Å². The van der Waals surface area contributed by atoms with Crippen molar-refractivity contribution >= 4 is 11.8 Å². The summed E-state index contributed by atoms with van der Waals surface area (Å²) in [5.41, 5.74) is 0.884. The molecule has 22 heavy (non-hydrogen) atoms. The number of rotatable bonds is 4. The Bertz CT molecular complexity index is 607. The molecule has 0 saturated carbocycles. The average molecular weight is 305 g/mol. The standard InChI is InChI=1S/C16H23N3O3/c1-10(2)7-13-8-11(9-15(21)18-13)16(22)19-12-3-4-14(20)17-6-5-12/h8-10,12H,3-7H2,1-2H3,(H,17,20)(H,18,21)(H,19,22)/t12-/m0/s1. The van der Waals surface area contributed by atoms with Crippen LogP contribution in [-0.2, 0) is 11.2 Å². The zero-order valence-corrected chi connectivity index (χ0v) is 13.1. The third-order valence-corrected chi connectivity index (χ3v) is 3.66. The zero-order valence-electron chi connectivity index (χ0n) is 13.1. The minimum atomic E-state index is -0.263. The summed E-state index contributed by atoms with van der Waals surface area (Å²) in [6.45, 7) is 4.68. The Morgan fingerprint density at radius 1 is 1.32 bits per heavy atom. The largest absolute Gasteiger partial charge is 0.356 e. The highest BCUT2D eigenvalue weighted by Crippen LogP contribution is 2.09. The molecule has 6 nitrogen and oxygen atoms in total. The average Bonchev–Trinajstić information content (AvgIpc) is 2.62. The number of carbonyl (C=O) groups excluding carboxylic acids is 2. The number of pyridine rings is 1. The number of nitrogens with one attached hydrogen (secondary N) is 3. The number of H-pyrrole nitrogens is 1. The Morgan fingerprint density at radius 3 is 2.82 bits per heavy atom. The molecule has 1 aromatic rings. The van der Waals surface area contributed by atoms with Gasteiger partial charge in [-0.05, 0) is 31.2 Å². The number of carbonyl (C=O) groups is 2. The van der Waals surface area contributed by atoms with Gasteiger partial charge < -0.3 is 15.6 Å². The summed E-state index contributed by atoms with van der Waals surface area (Å²) in [5.74, 6) is 0.162. The predicted molar refractivity (Wildman–Crippen MR) is 83.7 cm³/mol. The van der Waals surface area contributed by atoms with Crippen molar-refractivity contribution in [3.05, 3.63) is 33.7 Å². The second-order valence-electron chi connectivity index (χ2n) is 6.20. The van der Waals surface area contributed by atoms with Crippen LogP contribution in [0.2, 0.25) is 0 Å². The van der Waals surface area contributed by atoms with Gasteiger partial charge in [0.2, 0.25) is 11.5 Å². The Labute approximate surface area is 129 Å². The number of hydrogen-bond acceptors (Lipinski definition) is 3. The van der Waals surface area contributed by atoms with E-state index < -0.39 is 0 Å². The third-order valence-electron chi connectivity index (χ3n) is 3.66. The molecular formula is C16H23N3O3. The Hall–Kier alpha value is -2.11. The van der Waals surface area contributed by atoms with Crippen molar-refractivity contribution in [1.29, 1.82) is 0 Å². The van der Waals surface area contributed by atoms with Gasteiger partial charge >= 0.3 is 0 Å². The van der Waals surface area contributed by atoms with Gasteiger partial charge in [0.15, 0.2) is 0 Å². The second kappa shape index (κ2) is 7.24. The van der Waals surface area contributed by atoms with Crippen LogP contribution in [0.15, 0.2) is 16.9 Å². The van der Waals surface area contributed by atoms with Gasteiger partial charge in [-0.15, -0.1) is 0 Å². The molecule has 1 saturated heterocycles. The highest BCUT2D eigenvalue weighted by atomic mass is 16.2. The number of amides is 2. The number of aromatic nitrogens is 1. The summed E-state index contributed by atoms with van der Waals surface area (Å²) in [7, 11) is 0. The summed E-state index contributed by atoms with van der Waals surface area (Å²) >= 11 is 0. The van der Waals surface area contributed by atoms with Gasteiger partial charge in [0.25, 0.3) is 5.91 Å². The first kappa shape index (κ1) is 16.3. The lowest BCUT2D eigenvalue weighted by Gasteiger charge is -2.16. The van der Waals surface area contributed by atoms with Crippen molar-refractivity contribution in [2.75, 3.05) is 6.54 Å². The molecule has 1 aromatic heterocycles. The van der Waals surface area contributed by atoms with Gasteiger partial charge in [-0.2, -0.15) is 0 Å². The van der Waals surface area contributed by atoms with Crippen molar-refractivity contribution in [3.8, 4) is 0 Å². The summed E-state index contributed by atoms with van der Waals surface area (Å²) in [5, 5.41) is 5.70. The normalized spacial score (nSPS) is 18.7. The fourth-order valence-electron chi connectivity index (χ4n) is 2.62. The Balaban J connectivity index is 2.07. The quantitative estimate of drug-likeness (QED) is 0.774. The molecule has 1 aliphatic rings. The molecule has 0 aromatic carbocycles. The van der Waals surface area contributed by atoms with Crippen LogP contribution in [0.5, 0.6) is 0 Å². The van der Waals surface area contributed by atoms with Gasteiger partial charge in [0.1, 0.15) is 0 Å². The Morgan fingerprint density at radius 2 is 2.09 bits per heavy atom. The fraction of sp³-hybridized carbons (Fsp3) is 0.562. The molecule has 0 aliphatic carbocycles.